The van der Waals surface area contributed by atoms with Gasteiger partial charge < -0.3 is 14.2 Å². The minimum Gasteiger partial charge on any atom is -0.457 e. The van der Waals surface area contributed by atoms with Crippen LogP contribution in [0.3, 0.4) is 0 Å². The molecule has 15 heteroatoms. The quantitative estimate of drug-likeness (QED) is 0.103. The van der Waals surface area contributed by atoms with E-state index in [2.05, 4.69) is 15.3 Å². The molecule has 294 valence electrons. The number of benzene rings is 6. The Morgan fingerprint density at radius 3 is 0.783 bits per heavy atom. The molecule has 3 heterocycles. The molecule has 12 nitrogen and oxygen atoms in total. The molecule has 0 spiro atoms. The lowest BCUT2D eigenvalue weighted by atomic mass is 10.2. The van der Waals surface area contributed by atoms with Crippen LogP contribution in [-0.4, -0.2) is 44.3 Å². The normalized spacial score (nSPS) is 15.8. The topological polar surface area (TPSA) is 120 Å². The summed E-state index contributed by atoms with van der Waals surface area (Å²) >= 11 is 14.4. The van der Waals surface area contributed by atoms with Crippen molar-refractivity contribution in [2.24, 2.45) is 0 Å². The summed E-state index contributed by atoms with van der Waals surface area (Å²) in [6.07, 6.45) is 0. The van der Waals surface area contributed by atoms with Gasteiger partial charge in [0.1, 0.15) is 52.0 Å². The van der Waals surface area contributed by atoms with Crippen LogP contribution in [0.4, 0.5) is 0 Å². The molecule has 1 aliphatic rings. The molecule has 60 heavy (non-hydrogen) atoms. The summed E-state index contributed by atoms with van der Waals surface area (Å²) in [5.74, 6) is 5.37. The Labute approximate surface area is 360 Å². The van der Waals surface area contributed by atoms with Crippen molar-refractivity contribution in [3.63, 3.8) is 0 Å². The van der Waals surface area contributed by atoms with Crippen molar-refractivity contribution in [1.82, 2.24) is 44.3 Å². The van der Waals surface area contributed by atoms with E-state index in [0.717, 1.165) is 34.3 Å². The molecule has 6 aromatic carbocycles. The highest BCUT2D eigenvalue weighted by Crippen LogP contribution is 2.66. The van der Waals surface area contributed by atoms with Crippen molar-refractivity contribution < 1.29 is 14.2 Å². The lowest BCUT2D eigenvalue weighted by Crippen LogP contribution is -2.04. The van der Waals surface area contributed by atoms with Crippen molar-refractivity contribution in [2.75, 3.05) is 0 Å². The van der Waals surface area contributed by atoms with Gasteiger partial charge in [0.25, 0.3) is 0 Å². The van der Waals surface area contributed by atoms with Crippen molar-refractivity contribution in [3.8, 4) is 51.6 Å². The van der Waals surface area contributed by atoms with Crippen LogP contribution in [0.1, 0.15) is 35.2 Å². The van der Waals surface area contributed by atoms with Gasteiger partial charge in [0.15, 0.2) is 15.5 Å². The first-order valence-corrected chi connectivity index (χ1v) is 20.3. The first-order valence-electron chi connectivity index (χ1n) is 18.9. The van der Waals surface area contributed by atoms with E-state index < -0.39 is 0 Å². The molecule has 1 saturated carbocycles. The van der Waals surface area contributed by atoms with E-state index in [1.807, 2.05) is 177 Å². The van der Waals surface area contributed by atoms with Gasteiger partial charge in [-0.1, -0.05) is 54.6 Å². The highest BCUT2D eigenvalue weighted by molar-refractivity contribution is 7.80. The molecule has 0 atom stereocenters. The van der Waals surface area contributed by atoms with Gasteiger partial charge in [0.05, 0.1) is 0 Å². The van der Waals surface area contributed by atoms with E-state index in [4.69, 9.17) is 67.4 Å². The van der Waals surface area contributed by atoms with Crippen molar-refractivity contribution in [3.05, 3.63) is 181 Å². The summed E-state index contributed by atoms with van der Waals surface area (Å²) < 4.78 is 24.1. The van der Waals surface area contributed by atoms with Gasteiger partial charge in [-0.15, -0.1) is 68.5 Å². The maximum absolute atomic E-state index is 6.08. The lowest BCUT2D eigenvalue weighted by Gasteiger charge is -2.11. The average Bonchev–Trinajstić information content (AvgIpc) is 3.47. The smallest absolute Gasteiger partial charge is 0.192 e. The Morgan fingerprint density at radius 2 is 0.533 bits per heavy atom. The van der Waals surface area contributed by atoms with Crippen molar-refractivity contribution >= 4 is 37.9 Å². The number of thiol groups is 3. The van der Waals surface area contributed by atoms with Gasteiger partial charge in [0.2, 0.25) is 0 Å². The molecule has 10 rings (SSSR count). The fraction of sp³-hybridized carbons (Fsp3) is 0.0667. The summed E-state index contributed by atoms with van der Waals surface area (Å²) in [7, 11) is 0. The fourth-order valence-electron chi connectivity index (χ4n) is 7.39. The van der Waals surface area contributed by atoms with Gasteiger partial charge >= 0.3 is 0 Å². The maximum Gasteiger partial charge on any atom is 0.192 e. The molecule has 0 saturated heterocycles. The van der Waals surface area contributed by atoms with Crippen LogP contribution in [0.2, 0.25) is 0 Å². The van der Waals surface area contributed by atoms with Gasteiger partial charge in [-0.2, -0.15) is 0 Å². The van der Waals surface area contributed by atoms with E-state index in [1.54, 1.807) is 0 Å². The number of rotatable bonds is 12. The minimum absolute atomic E-state index is 0.300. The van der Waals surface area contributed by atoms with Gasteiger partial charge in [-0.25, -0.2) is 0 Å². The van der Waals surface area contributed by atoms with E-state index in [9.17, 15) is 0 Å². The van der Waals surface area contributed by atoms with Gasteiger partial charge in [-0.3, -0.25) is 13.7 Å². The molecule has 0 N–H and O–H groups in total. The van der Waals surface area contributed by atoms with E-state index in [1.165, 1.54) is 0 Å². The Morgan fingerprint density at radius 1 is 0.300 bits per heavy atom. The molecule has 0 bridgehead atoms. The fourth-order valence-corrected chi connectivity index (χ4v) is 8.18. The van der Waals surface area contributed by atoms with Crippen molar-refractivity contribution in [2.45, 2.75) is 33.2 Å². The predicted octanol–water partition coefficient (Wildman–Crippen LogP) is 10.3. The molecular formula is C45H33N9O3S3. The SMILES string of the molecule is Sc1nnc(C2C(c3nnc(S)n3-c3ccc(Oc4ccccc4)cc3)C2c2nnc(S)n2-c2ccc(Oc3ccccc3)cc2)n1-c1ccc(Oc2ccccc2)cc1. The van der Waals surface area contributed by atoms with Crippen LogP contribution >= 0.6 is 37.9 Å². The second kappa shape index (κ2) is 16.1. The number of hydrogen-bond donors (Lipinski definition) is 3. The molecular weight excluding hydrogens is 811 g/mol. The maximum atomic E-state index is 6.08. The molecule has 0 radical (unpaired) electrons. The Kier molecular flexibility index (Phi) is 10.0. The molecule has 3 aromatic heterocycles. The molecule has 0 aliphatic heterocycles. The van der Waals surface area contributed by atoms with Crippen LogP contribution in [0.5, 0.6) is 34.5 Å². The van der Waals surface area contributed by atoms with E-state index in [-0.39, 0.29) is 17.8 Å². The van der Waals surface area contributed by atoms with E-state index >= 15 is 0 Å². The molecule has 1 aliphatic carbocycles. The third kappa shape index (κ3) is 7.38. The second-order valence-electron chi connectivity index (χ2n) is 13.9. The summed E-state index contributed by atoms with van der Waals surface area (Å²) in [6, 6.07) is 52.1. The summed E-state index contributed by atoms with van der Waals surface area (Å²) in [5.41, 5.74) is 2.42. The Bertz CT molecular complexity index is 2570. The molecule has 1 fully saturated rings. The Balaban J connectivity index is 1.03. The number of aromatic nitrogens is 9. The highest BCUT2D eigenvalue weighted by Gasteiger charge is 2.60. The first kappa shape index (κ1) is 37.5. The zero-order valence-corrected chi connectivity index (χ0v) is 34.1. The monoisotopic (exact) mass is 843 g/mol. The highest BCUT2D eigenvalue weighted by atomic mass is 32.1. The average molecular weight is 844 g/mol. The Hall–Kier alpha value is -6.81. The van der Waals surface area contributed by atoms with Crippen LogP contribution in [-0.2, 0) is 0 Å². The summed E-state index contributed by atoms with van der Waals surface area (Å²) in [5, 5.41) is 28.9. The summed E-state index contributed by atoms with van der Waals surface area (Å²) in [4.78, 5) is 0. The first-order chi connectivity index (χ1) is 29.5. The van der Waals surface area contributed by atoms with Crippen LogP contribution in [0.25, 0.3) is 17.1 Å². The molecule has 0 unspecified atom stereocenters. The number of para-hydroxylation sites is 3. The van der Waals surface area contributed by atoms with Gasteiger partial charge in [-0.05, 0) is 109 Å². The van der Waals surface area contributed by atoms with Crippen LogP contribution in [0, 0.1) is 0 Å². The summed E-state index contributed by atoms with van der Waals surface area (Å²) in [6.45, 7) is 0. The number of hydrogen-bond acceptors (Lipinski definition) is 12. The van der Waals surface area contributed by atoms with E-state index in [0.29, 0.717) is 50.2 Å². The third-order valence-corrected chi connectivity index (χ3v) is 11.0. The number of ether oxygens (including phenoxy) is 3. The second-order valence-corrected chi connectivity index (χ2v) is 15.1. The zero-order valence-electron chi connectivity index (χ0n) is 31.4. The van der Waals surface area contributed by atoms with Crippen LogP contribution in [0.15, 0.2) is 179 Å². The zero-order chi connectivity index (χ0) is 40.6. The van der Waals surface area contributed by atoms with Gasteiger partial charge in [0, 0.05) is 34.8 Å². The number of nitrogens with zero attached hydrogens (tertiary/aromatic N) is 9. The lowest BCUT2D eigenvalue weighted by molar-refractivity contribution is 0.482. The molecule has 9 aromatic rings. The van der Waals surface area contributed by atoms with Crippen molar-refractivity contribution in [1.29, 1.82) is 0 Å². The largest absolute Gasteiger partial charge is 0.457 e. The standard InChI is InChI=1S/C45H33N9O3S3/c58-43-49-46-40(52(43)28-16-22-34(23-17-28)55-31-10-4-1-5-11-31)37-38(41-47-50-44(59)53(41)29-18-24-35(25-19-29)56-32-12-6-2-7-13-32)39(37)42-48-51-45(60)54(42)30-20-26-36(27-21-30)57-33-14-8-3-9-15-33/h1-27,37-39H,(H,49,58)(H,50,59)(H,51,60). The molecule has 0 amide bonds. The van der Waals surface area contributed by atoms with Crippen LogP contribution < -0.4 is 14.2 Å². The predicted molar refractivity (Wildman–Crippen MR) is 234 cm³/mol. The minimum atomic E-state index is -0.300. The third-order valence-electron chi connectivity index (χ3n) is 10.1.